The average Bonchev–Trinajstić information content (AvgIpc) is 2.64. The number of ether oxygens (including phenoxy) is 1. The normalized spacial score (nSPS) is 19.6. The van der Waals surface area contributed by atoms with Crippen LogP contribution in [0.5, 0.6) is 5.88 Å². The number of H-pyrrole nitrogens is 1. The summed E-state index contributed by atoms with van der Waals surface area (Å²) in [5.41, 5.74) is 0.363. The van der Waals surface area contributed by atoms with Gasteiger partial charge in [-0.1, -0.05) is 0 Å². The van der Waals surface area contributed by atoms with Gasteiger partial charge in [-0.3, -0.25) is 9.59 Å². The lowest BCUT2D eigenvalue weighted by atomic mass is 9.92. The second kappa shape index (κ2) is 7.57. The minimum Gasteiger partial charge on any atom is -0.472 e. The largest absolute Gasteiger partial charge is 0.472 e. The molecule has 8 heteroatoms. The third-order valence-corrected chi connectivity index (χ3v) is 4.10. The monoisotopic (exact) mass is 339 g/mol. The second-order valence-corrected chi connectivity index (χ2v) is 5.83. The van der Waals surface area contributed by atoms with Crippen LogP contribution in [-0.4, -0.2) is 33.0 Å². The van der Waals surface area contributed by atoms with E-state index in [0.717, 1.165) is 25.7 Å². The standard InChI is InChI=1S/C17H17N5O3/c18-9-14-17(20-8-7-19-14)25-13-4-2-12(3-5-13)22-16(24)11-1-6-15(23)21-10-11/h1,6-8,10,12-13H,2-5H2,(H,21,23)(H,22,24). The molecule has 2 aromatic rings. The summed E-state index contributed by atoms with van der Waals surface area (Å²) in [6.45, 7) is 0. The molecule has 1 saturated carbocycles. The summed E-state index contributed by atoms with van der Waals surface area (Å²) in [5.74, 6) is 0.0482. The van der Waals surface area contributed by atoms with Gasteiger partial charge in [0, 0.05) is 30.7 Å². The molecular formula is C17H17N5O3. The summed E-state index contributed by atoms with van der Waals surface area (Å²) in [4.78, 5) is 33.7. The van der Waals surface area contributed by atoms with Crippen LogP contribution < -0.4 is 15.6 Å². The number of pyridine rings is 1. The van der Waals surface area contributed by atoms with Crippen molar-refractivity contribution in [3.8, 4) is 11.9 Å². The van der Waals surface area contributed by atoms with Crippen molar-refractivity contribution >= 4 is 5.91 Å². The van der Waals surface area contributed by atoms with E-state index in [9.17, 15) is 9.59 Å². The van der Waals surface area contributed by atoms with Crippen molar-refractivity contribution in [1.29, 1.82) is 5.26 Å². The smallest absolute Gasteiger partial charge is 0.252 e. The molecule has 0 atom stereocenters. The highest BCUT2D eigenvalue weighted by atomic mass is 16.5. The van der Waals surface area contributed by atoms with Crippen LogP contribution in [0.4, 0.5) is 0 Å². The summed E-state index contributed by atoms with van der Waals surface area (Å²) < 4.78 is 5.78. The maximum Gasteiger partial charge on any atom is 0.252 e. The van der Waals surface area contributed by atoms with E-state index < -0.39 is 0 Å². The minimum atomic E-state index is -0.241. The number of nitrogens with zero attached hydrogens (tertiary/aromatic N) is 3. The first-order valence-corrected chi connectivity index (χ1v) is 8.03. The second-order valence-electron chi connectivity index (χ2n) is 5.83. The number of rotatable bonds is 4. The zero-order valence-electron chi connectivity index (χ0n) is 13.4. The molecule has 0 unspecified atom stereocenters. The fraction of sp³-hybridized carbons (Fsp3) is 0.353. The zero-order valence-corrected chi connectivity index (χ0v) is 13.4. The molecule has 1 amide bonds. The number of hydrogen-bond acceptors (Lipinski definition) is 6. The van der Waals surface area contributed by atoms with E-state index in [1.165, 1.54) is 30.7 Å². The quantitative estimate of drug-likeness (QED) is 0.862. The molecule has 25 heavy (non-hydrogen) atoms. The lowest BCUT2D eigenvalue weighted by Crippen LogP contribution is -2.40. The first-order valence-electron chi connectivity index (χ1n) is 8.03. The van der Waals surface area contributed by atoms with Crippen molar-refractivity contribution in [2.24, 2.45) is 0 Å². The topological polar surface area (TPSA) is 121 Å². The van der Waals surface area contributed by atoms with E-state index in [1.54, 1.807) is 0 Å². The highest BCUT2D eigenvalue weighted by Crippen LogP contribution is 2.24. The average molecular weight is 339 g/mol. The van der Waals surface area contributed by atoms with Crippen LogP contribution in [0.1, 0.15) is 41.7 Å². The van der Waals surface area contributed by atoms with Crippen molar-refractivity contribution in [3.63, 3.8) is 0 Å². The Kier molecular flexibility index (Phi) is 5.04. The number of hydrogen-bond donors (Lipinski definition) is 2. The van der Waals surface area contributed by atoms with Gasteiger partial charge in [-0.25, -0.2) is 9.97 Å². The zero-order chi connectivity index (χ0) is 17.6. The molecule has 128 valence electrons. The number of aromatic nitrogens is 3. The molecular weight excluding hydrogens is 322 g/mol. The summed E-state index contributed by atoms with van der Waals surface area (Å²) >= 11 is 0. The summed E-state index contributed by atoms with van der Waals surface area (Å²) in [7, 11) is 0. The van der Waals surface area contributed by atoms with Crippen LogP contribution in [0.15, 0.2) is 35.5 Å². The molecule has 0 spiro atoms. The molecule has 1 fully saturated rings. The van der Waals surface area contributed by atoms with Crippen LogP contribution >= 0.6 is 0 Å². The van der Waals surface area contributed by atoms with Gasteiger partial charge < -0.3 is 15.0 Å². The van der Waals surface area contributed by atoms with Crippen LogP contribution in [-0.2, 0) is 0 Å². The van der Waals surface area contributed by atoms with Gasteiger partial charge in [0.1, 0.15) is 12.2 Å². The highest BCUT2D eigenvalue weighted by molar-refractivity contribution is 5.93. The fourth-order valence-corrected chi connectivity index (χ4v) is 2.79. The Morgan fingerprint density at radius 2 is 2.00 bits per heavy atom. The molecule has 2 aromatic heterocycles. The van der Waals surface area contributed by atoms with Gasteiger partial charge in [-0.15, -0.1) is 0 Å². The molecule has 0 radical (unpaired) electrons. The van der Waals surface area contributed by atoms with E-state index in [2.05, 4.69) is 20.3 Å². The molecule has 1 aliphatic rings. The van der Waals surface area contributed by atoms with Crippen molar-refractivity contribution in [2.75, 3.05) is 0 Å². The van der Waals surface area contributed by atoms with Crippen molar-refractivity contribution in [3.05, 3.63) is 52.3 Å². The predicted octanol–water partition coefficient (Wildman–Crippen LogP) is 1.16. The molecule has 8 nitrogen and oxygen atoms in total. The van der Waals surface area contributed by atoms with E-state index in [1.807, 2.05) is 6.07 Å². The maximum absolute atomic E-state index is 12.2. The van der Waals surface area contributed by atoms with E-state index in [4.69, 9.17) is 10.00 Å². The lowest BCUT2D eigenvalue weighted by molar-refractivity contribution is 0.0889. The SMILES string of the molecule is N#Cc1nccnc1OC1CCC(NC(=O)c2ccc(=O)[nH]c2)CC1. The van der Waals surface area contributed by atoms with Gasteiger partial charge in [0.2, 0.25) is 11.3 Å². The number of carbonyl (C=O) groups excluding carboxylic acids is 1. The highest BCUT2D eigenvalue weighted by Gasteiger charge is 2.25. The summed E-state index contributed by atoms with van der Waals surface area (Å²) in [6, 6.07) is 4.84. The van der Waals surface area contributed by atoms with Crippen molar-refractivity contribution in [2.45, 2.75) is 37.8 Å². The molecule has 3 rings (SSSR count). The Bertz CT molecular complexity index is 829. The first-order chi connectivity index (χ1) is 12.2. The van der Waals surface area contributed by atoms with Gasteiger partial charge in [0.25, 0.3) is 11.8 Å². The Morgan fingerprint density at radius 3 is 2.68 bits per heavy atom. The van der Waals surface area contributed by atoms with Gasteiger partial charge in [0.15, 0.2) is 0 Å². The Balaban J connectivity index is 1.52. The molecule has 0 saturated heterocycles. The molecule has 2 heterocycles. The van der Waals surface area contributed by atoms with Crippen molar-refractivity contribution in [1.82, 2.24) is 20.3 Å². The third-order valence-electron chi connectivity index (χ3n) is 4.10. The van der Waals surface area contributed by atoms with E-state index in [0.29, 0.717) is 5.56 Å². The first kappa shape index (κ1) is 16.6. The number of carbonyl (C=O) groups is 1. The van der Waals surface area contributed by atoms with Crippen LogP contribution in [0.3, 0.4) is 0 Å². The lowest BCUT2D eigenvalue weighted by Gasteiger charge is -2.29. The minimum absolute atomic E-state index is 0.0509. The van der Waals surface area contributed by atoms with Crippen molar-refractivity contribution < 1.29 is 9.53 Å². The molecule has 0 aliphatic heterocycles. The Labute approximate surface area is 143 Å². The summed E-state index contributed by atoms with van der Waals surface area (Å²) in [5, 5.41) is 12.0. The fourth-order valence-electron chi connectivity index (χ4n) is 2.79. The number of aromatic amines is 1. The number of nitrogens with one attached hydrogen (secondary N) is 2. The van der Waals surface area contributed by atoms with E-state index in [-0.39, 0.29) is 35.2 Å². The number of nitriles is 1. The van der Waals surface area contributed by atoms with Gasteiger partial charge in [-0.05, 0) is 31.7 Å². The summed E-state index contributed by atoms with van der Waals surface area (Å²) in [6.07, 6.45) is 7.33. The van der Waals surface area contributed by atoms with Gasteiger partial charge in [0.05, 0.1) is 5.56 Å². The van der Waals surface area contributed by atoms with Gasteiger partial charge in [-0.2, -0.15) is 5.26 Å². The molecule has 1 aliphatic carbocycles. The van der Waals surface area contributed by atoms with Crippen LogP contribution in [0.2, 0.25) is 0 Å². The predicted molar refractivity (Wildman–Crippen MR) is 87.9 cm³/mol. The van der Waals surface area contributed by atoms with Gasteiger partial charge >= 0.3 is 0 Å². The molecule has 0 bridgehead atoms. The maximum atomic E-state index is 12.2. The molecule has 0 aromatic carbocycles. The third kappa shape index (κ3) is 4.20. The molecule has 2 N–H and O–H groups in total. The Hall–Kier alpha value is -3.21. The van der Waals surface area contributed by atoms with Crippen LogP contribution in [0, 0.1) is 11.3 Å². The van der Waals surface area contributed by atoms with E-state index >= 15 is 0 Å². The Morgan fingerprint density at radius 1 is 1.24 bits per heavy atom. The number of amides is 1. The van der Waals surface area contributed by atoms with Crippen LogP contribution in [0.25, 0.3) is 0 Å².